The van der Waals surface area contributed by atoms with Crippen molar-refractivity contribution in [3.8, 4) is 0 Å². The Morgan fingerprint density at radius 1 is 1.35 bits per heavy atom. The highest BCUT2D eigenvalue weighted by Crippen LogP contribution is 2.28. The number of hydrogen-bond acceptors (Lipinski definition) is 3. The number of rotatable bonds is 3. The Morgan fingerprint density at radius 3 is 3.04 bits per heavy atom. The molecule has 2 aliphatic rings. The Morgan fingerprint density at radius 2 is 2.22 bits per heavy atom. The third kappa shape index (κ3) is 2.65. The maximum Gasteiger partial charge on any atom is 0.251 e. The van der Waals surface area contributed by atoms with Crippen LogP contribution < -0.4 is 5.32 Å². The third-order valence-electron chi connectivity index (χ3n) is 4.88. The summed E-state index contributed by atoms with van der Waals surface area (Å²) in [6, 6.07) is 6.05. The van der Waals surface area contributed by atoms with Crippen LogP contribution in [0.15, 0.2) is 30.6 Å². The highest BCUT2D eigenvalue weighted by molar-refractivity contribution is 5.94. The molecule has 23 heavy (non-hydrogen) atoms. The number of ether oxygens (including phenoxy) is 1. The van der Waals surface area contributed by atoms with Crippen molar-refractivity contribution in [1.29, 1.82) is 0 Å². The van der Waals surface area contributed by atoms with E-state index in [1.807, 2.05) is 29.9 Å². The standard InChI is InChI=1S/C18H21N3O2/c1-21-9-8-19-17(21)16-15(7-10-23-16)20-18(22)14-6-5-12-3-2-4-13(12)11-14/h5-6,8-9,11,15-16H,2-4,7,10H2,1H3,(H,20,22)/t15-,16-/m0/s1. The molecule has 1 aliphatic heterocycles. The van der Waals surface area contributed by atoms with E-state index in [1.165, 1.54) is 17.5 Å². The monoisotopic (exact) mass is 311 g/mol. The number of aromatic nitrogens is 2. The van der Waals surface area contributed by atoms with Crippen molar-refractivity contribution in [2.45, 2.75) is 37.8 Å². The van der Waals surface area contributed by atoms with Crippen molar-refractivity contribution in [2.24, 2.45) is 7.05 Å². The first-order valence-corrected chi connectivity index (χ1v) is 8.24. The third-order valence-corrected chi connectivity index (χ3v) is 4.88. The van der Waals surface area contributed by atoms with E-state index in [0.29, 0.717) is 6.61 Å². The summed E-state index contributed by atoms with van der Waals surface area (Å²) in [4.78, 5) is 17.0. The molecular formula is C18H21N3O2. The molecule has 4 rings (SSSR count). The molecule has 0 unspecified atom stereocenters. The van der Waals surface area contributed by atoms with Crippen LogP contribution in [0.3, 0.4) is 0 Å². The van der Waals surface area contributed by atoms with Crippen molar-refractivity contribution in [3.05, 3.63) is 53.1 Å². The Hall–Kier alpha value is -2.14. The van der Waals surface area contributed by atoms with Crippen LogP contribution in [0.2, 0.25) is 0 Å². The quantitative estimate of drug-likeness (QED) is 0.945. The molecule has 2 aromatic rings. The molecule has 5 heteroatoms. The summed E-state index contributed by atoms with van der Waals surface area (Å²) in [5.74, 6) is 0.844. The predicted molar refractivity (Wildman–Crippen MR) is 86.2 cm³/mol. The van der Waals surface area contributed by atoms with Gasteiger partial charge in [-0.2, -0.15) is 0 Å². The van der Waals surface area contributed by atoms with Crippen LogP contribution in [0.4, 0.5) is 0 Å². The van der Waals surface area contributed by atoms with Gasteiger partial charge in [-0.1, -0.05) is 6.07 Å². The molecule has 1 amide bonds. The highest BCUT2D eigenvalue weighted by Gasteiger charge is 2.33. The van der Waals surface area contributed by atoms with Gasteiger partial charge in [0.05, 0.1) is 6.04 Å². The summed E-state index contributed by atoms with van der Waals surface area (Å²) in [5.41, 5.74) is 3.45. The first-order chi connectivity index (χ1) is 11.2. The number of aryl methyl sites for hydroxylation is 3. The number of amides is 1. The molecule has 0 spiro atoms. The van der Waals surface area contributed by atoms with Crippen LogP contribution in [-0.2, 0) is 24.6 Å². The van der Waals surface area contributed by atoms with Gasteiger partial charge in [-0.15, -0.1) is 0 Å². The lowest BCUT2D eigenvalue weighted by Crippen LogP contribution is -2.37. The number of benzene rings is 1. The molecule has 5 nitrogen and oxygen atoms in total. The van der Waals surface area contributed by atoms with Crippen LogP contribution >= 0.6 is 0 Å². The molecular weight excluding hydrogens is 290 g/mol. The lowest BCUT2D eigenvalue weighted by molar-refractivity contribution is 0.0779. The molecule has 1 aromatic heterocycles. The molecule has 1 aliphatic carbocycles. The van der Waals surface area contributed by atoms with Crippen molar-refractivity contribution in [1.82, 2.24) is 14.9 Å². The molecule has 2 heterocycles. The topological polar surface area (TPSA) is 56.1 Å². The lowest BCUT2D eigenvalue weighted by atomic mass is 10.0. The van der Waals surface area contributed by atoms with Gasteiger partial charge in [0.25, 0.3) is 5.91 Å². The van der Waals surface area contributed by atoms with Crippen LogP contribution in [-0.4, -0.2) is 28.1 Å². The second kappa shape index (κ2) is 5.81. The van der Waals surface area contributed by atoms with Crippen molar-refractivity contribution < 1.29 is 9.53 Å². The molecule has 0 saturated carbocycles. The van der Waals surface area contributed by atoms with E-state index >= 15 is 0 Å². The molecule has 0 radical (unpaired) electrons. The van der Waals surface area contributed by atoms with Crippen LogP contribution in [0.1, 0.15) is 46.3 Å². The number of carbonyl (C=O) groups excluding carboxylic acids is 1. The number of fused-ring (bicyclic) bond motifs is 1. The normalized spacial score (nSPS) is 23.0. The second-order valence-corrected chi connectivity index (χ2v) is 6.39. The summed E-state index contributed by atoms with van der Waals surface area (Å²) in [7, 11) is 1.95. The smallest absolute Gasteiger partial charge is 0.251 e. The fourth-order valence-corrected chi connectivity index (χ4v) is 3.61. The Labute approximate surface area is 135 Å². The van der Waals surface area contributed by atoms with E-state index in [0.717, 1.165) is 30.7 Å². The van der Waals surface area contributed by atoms with Crippen molar-refractivity contribution >= 4 is 5.91 Å². The van der Waals surface area contributed by atoms with Gasteiger partial charge < -0.3 is 14.6 Å². The SMILES string of the molecule is Cn1ccnc1[C@H]1OCC[C@@H]1NC(=O)c1ccc2c(c1)CCC2. The van der Waals surface area contributed by atoms with E-state index in [1.54, 1.807) is 6.20 Å². The van der Waals surface area contributed by atoms with Crippen molar-refractivity contribution in [2.75, 3.05) is 6.61 Å². The van der Waals surface area contributed by atoms with Gasteiger partial charge in [0.15, 0.2) is 0 Å². The van der Waals surface area contributed by atoms with Crippen molar-refractivity contribution in [3.63, 3.8) is 0 Å². The van der Waals surface area contributed by atoms with Gasteiger partial charge in [0.1, 0.15) is 11.9 Å². The number of nitrogens with one attached hydrogen (secondary N) is 1. The average Bonchev–Trinajstić information content (AvgIpc) is 3.26. The van der Waals surface area contributed by atoms with Gasteiger partial charge in [0.2, 0.25) is 0 Å². The predicted octanol–water partition coefficient (Wildman–Crippen LogP) is 2.17. The van der Waals surface area contributed by atoms with Crippen LogP contribution in [0.5, 0.6) is 0 Å². The molecule has 120 valence electrons. The minimum absolute atomic E-state index is 0.0191. The fraction of sp³-hybridized carbons (Fsp3) is 0.444. The number of nitrogens with zero attached hydrogens (tertiary/aromatic N) is 2. The number of imidazole rings is 1. The Balaban J connectivity index is 1.51. The van der Waals surface area contributed by atoms with Gasteiger partial charge in [-0.25, -0.2) is 4.98 Å². The molecule has 1 saturated heterocycles. The summed E-state index contributed by atoms with van der Waals surface area (Å²) >= 11 is 0. The van der Waals surface area contributed by atoms with E-state index in [-0.39, 0.29) is 18.1 Å². The van der Waals surface area contributed by atoms with E-state index in [4.69, 9.17) is 4.74 Å². The molecule has 0 bridgehead atoms. The van der Waals surface area contributed by atoms with E-state index in [2.05, 4.69) is 16.4 Å². The summed E-state index contributed by atoms with van der Waals surface area (Å²) in [6.45, 7) is 0.645. The van der Waals surface area contributed by atoms with Gasteiger partial charge >= 0.3 is 0 Å². The van der Waals surface area contributed by atoms with E-state index < -0.39 is 0 Å². The minimum atomic E-state index is -0.173. The average molecular weight is 311 g/mol. The minimum Gasteiger partial charge on any atom is -0.368 e. The highest BCUT2D eigenvalue weighted by atomic mass is 16.5. The van der Waals surface area contributed by atoms with Crippen LogP contribution in [0.25, 0.3) is 0 Å². The van der Waals surface area contributed by atoms with Crippen LogP contribution in [0, 0.1) is 0 Å². The van der Waals surface area contributed by atoms with E-state index in [9.17, 15) is 4.79 Å². The molecule has 1 aromatic carbocycles. The van der Waals surface area contributed by atoms with Gasteiger partial charge in [0, 0.05) is 31.6 Å². The maximum atomic E-state index is 12.6. The van der Waals surface area contributed by atoms with Gasteiger partial charge in [-0.05, 0) is 48.9 Å². The zero-order valence-corrected chi connectivity index (χ0v) is 13.3. The summed E-state index contributed by atoms with van der Waals surface area (Å²) in [6.07, 6.45) is 7.71. The molecule has 1 fully saturated rings. The molecule has 1 N–H and O–H groups in total. The number of hydrogen-bond donors (Lipinski definition) is 1. The van der Waals surface area contributed by atoms with Gasteiger partial charge in [-0.3, -0.25) is 4.79 Å². The zero-order valence-electron chi connectivity index (χ0n) is 13.3. The zero-order chi connectivity index (χ0) is 15.8. The second-order valence-electron chi connectivity index (χ2n) is 6.39. The fourth-order valence-electron chi connectivity index (χ4n) is 3.61. The Bertz CT molecular complexity index is 738. The summed E-state index contributed by atoms with van der Waals surface area (Å²) in [5, 5.41) is 3.13. The first kappa shape index (κ1) is 14.5. The molecule has 2 atom stereocenters. The maximum absolute atomic E-state index is 12.6. The first-order valence-electron chi connectivity index (χ1n) is 8.24. The Kier molecular flexibility index (Phi) is 3.65. The number of carbonyl (C=O) groups is 1. The largest absolute Gasteiger partial charge is 0.368 e. The lowest BCUT2D eigenvalue weighted by Gasteiger charge is -2.19. The summed E-state index contributed by atoms with van der Waals surface area (Å²) < 4.78 is 7.75.